The highest BCUT2D eigenvalue weighted by Gasteiger charge is 2.17. The van der Waals surface area contributed by atoms with E-state index in [1.165, 1.54) is 27.0 Å². The first kappa shape index (κ1) is 19.3. The summed E-state index contributed by atoms with van der Waals surface area (Å²) >= 11 is 3.74. The molecule has 148 valence electrons. The molecule has 0 unspecified atom stereocenters. The van der Waals surface area contributed by atoms with Gasteiger partial charge in [0.05, 0.1) is 24.8 Å². The lowest BCUT2D eigenvalue weighted by atomic mass is 10.1. The third-order valence-corrected chi connectivity index (χ3v) is 8.13. The van der Waals surface area contributed by atoms with Crippen molar-refractivity contribution in [3.05, 3.63) is 89.5 Å². The molecule has 4 heteroatoms. The molecule has 0 aliphatic rings. The average Bonchev–Trinajstić information content (AvgIpc) is 3.07. The van der Waals surface area contributed by atoms with Crippen LogP contribution in [0, 0.1) is 0 Å². The highest BCUT2D eigenvalue weighted by Crippen LogP contribution is 2.34. The second kappa shape index (κ2) is 7.22. The highest BCUT2D eigenvalue weighted by atomic mass is 79.9. The minimum absolute atomic E-state index is 1.00. The summed E-state index contributed by atoms with van der Waals surface area (Å²) in [6.07, 6.45) is 2.06. The number of para-hydroxylation sites is 2. The molecule has 0 fully saturated rings. The van der Waals surface area contributed by atoms with Gasteiger partial charge in [0.1, 0.15) is 0 Å². The number of nitrogens with zero attached hydrogens (tertiary/aromatic N) is 2. The van der Waals surface area contributed by atoms with Gasteiger partial charge in [0.25, 0.3) is 0 Å². The number of fused-ring (bicyclic) bond motifs is 3. The monoisotopic (exact) mass is 470 g/mol. The Bertz CT molecular complexity index is 1330. The van der Waals surface area contributed by atoms with Gasteiger partial charge in [-0.25, -0.2) is 0 Å². The van der Waals surface area contributed by atoms with Crippen LogP contribution in [0.4, 0.5) is 0 Å². The summed E-state index contributed by atoms with van der Waals surface area (Å²) in [5.74, 6) is 0. The van der Waals surface area contributed by atoms with Crippen molar-refractivity contribution < 1.29 is 0 Å². The van der Waals surface area contributed by atoms with Crippen molar-refractivity contribution >= 4 is 51.0 Å². The summed E-state index contributed by atoms with van der Waals surface area (Å²) in [5.41, 5.74) is 5.67. The standard InChI is InChI=1S/C26H23BrN2Si/c1-30(2,3)21-12-13-24(28-17-21)18-14-19(27)16-20(15-18)29-25-10-6-4-8-22(25)23-9-5-7-11-26(23)29/h4-17H,1-3H3. The zero-order valence-electron chi connectivity index (χ0n) is 17.4. The molecule has 0 amide bonds. The molecule has 2 heterocycles. The van der Waals surface area contributed by atoms with Gasteiger partial charge >= 0.3 is 0 Å². The summed E-state index contributed by atoms with van der Waals surface area (Å²) < 4.78 is 3.39. The Balaban J connectivity index is 1.71. The highest BCUT2D eigenvalue weighted by molar-refractivity contribution is 9.10. The molecule has 0 atom stereocenters. The second-order valence-corrected chi connectivity index (χ2v) is 14.7. The summed E-state index contributed by atoms with van der Waals surface area (Å²) in [6, 6.07) is 28.2. The Morgan fingerprint density at radius 1 is 0.767 bits per heavy atom. The lowest BCUT2D eigenvalue weighted by Crippen LogP contribution is -2.37. The van der Waals surface area contributed by atoms with Gasteiger partial charge in [0.15, 0.2) is 0 Å². The number of rotatable bonds is 3. The van der Waals surface area contributed by atoms with E-state index < -0.39 is 8.07 Å². The fraction of sp³-hybridized carbons (Fsp3) is 0.115. The summed E-state index contributed by atoms with van der Waals surface area (Å²) in [4.78, 5) is 4.81. The van der Waals surface area contributed by atoms with E-state index in [0.29, 0.717) is 0 Å². The lowest BCUT2D eigenvalue weighted by molar-refractivity contribution is 1.17. The summed E-state index contributed by atoms with van der Waals surface area (Å²) in [7, 11) is -1.36. The maximum atomic E-state index is 4.81. The van der Waals surface area contributed by atoms with Crippen molar-refractivity contribution in [3.8, 4) is 16.9 Å². The van der Waals surface area contributed by atoms with E-state index >= 15 is 0 Å². The summed E-state index contributed by atoms with van der Waals surface area (Å²) in [5, 5.41) is 3.92. The first-order chi connectivity index (χ1) is 14.4. The van der Waals surface area contributed by atoms with Crippen LogP contribution in [0.15, 0.2) is 89.5 Å². The number of pyridine rings is 1. The zero-order valence-corrected chi connectivity index (χ0v) is 19.9. The van der Waals surface area contributed by atoms with E-state index in [2.05, 4.69) is 125 Å². The largest absolute Gasteiger partial charge is 0.309 e. The van der Waals surface area contributed by atoms with E-state index in [4.69, 9.17) is 4.98 Å². The molecule has 0 aliphatic carbocycles. The molecular weight excluding hydrogens is 448 g/mol. The molecular formula is C26H23BrN2Si. The molecule has 3 aromatic carbocycles. The van der Waals surface area contributed by atoms with Crippen LogP contribution in [0.25, 0.3) is 38.8 Å². The predicted molar refractivity (Wildman–Crippen MR) is 135 cm³/mol. The van der Waals surface area contributed by atoms with E-state index in [1.807, 2.05) is 0 Å². The smallest absolute Gasteiger partial charge is 0.0796 e. The minimum Gasteiger partial charge on any atom is -0.309 e. The number of hydrogen-bond donors (Lipinski definition) is 0. The van der Waals surface area contributed by atoms with Crippen LogP contribution >= 0.6 is 15.9 Å². The van der Waals surface area contributed by atoms with Crippen molar-refractivity contribution in [3.63, 3.8) is 0 Å². The van der Waals surface area contributed by atoms with E-state index in [1.54, 1.807) is 0 Å². The fourth-order valence-electron chi connectivity index (χ4n) is 4.06. The summed E-state index contributed by atoms with van der Waals surface area (Å²) in [6.45, 7) is 7.05. The molecule has 0 radical (unpaired) electrons. The molecule has 2 aromatic heterocycles. The number of benzene rings is 3. The minimum atomic E-state index is -1.36. The van der Waals surface area contributed by atoms with Gasteiger partial charge in [-0.15, -0.1) is 0 Å². The van der Waals surface area contributed by atoms with Crippen LogP contribution in [0.1, 0.15) is 0 Å². The Kier molecular flexibility index (Phi) is 4.64. The van der Waals surface area contributed by atoms with Crippen molar-refractivity contribution in [1.82, 2.24) is 9.55 Å². The molecule has 0 saturated carbocycles. The SMILES string of the molecule is C[Si](C)(C)c1ccc(-c2cc(Br)cc(-n3c4ccccc4c4ccccc43)c2)nc1. The van der Waals surface area contributed by atoms with Gasteiger partial charge in [-0.1, -0.05) is 78.0 Å². The van der Waals surface area contributed by atoms with Crippen LogP contribution in [0.2, 0.25) is 19.6 Å². The quantitative estimate of drug-likeness (QED) is 0.256. The molecule has 0 aliphatic heterocycles. The number of aromatic nitrogens is 2. The number of halogens is 1. The van der Waals surface area contributed by atoms with E-state index in [0.717, 1.165) is 21.4 Å². The predicted octanol–water partition coefficient (Wildman–Crippen LogP) is 7.15. The molecule has 0 bridgehead atoms. The topological polar surface area (TPSA) is 17.8 Å². The maximum Gasteiger partial charge on any atom is 0.0796 e. The van der Waals surface area contributed by atoms with Gasteiger partial charge in [-0.2, -0.15) is 0 Å². The molecule has 0 spiro atoms. The van der Waals surface area contributed by atoms with Crippen molar-refractivity contribution in [2.45, 2.75) is 19.6 Å². The molecule has 5 rings (SSSR count). The fourth-order valence-corrected chi connectivity index (χ4v) is 5.58. The molecule has 0 saturated heterocycles. The Morgan fingerprint density at radius 3 is 1.97 bits per heavy atom. The maximum absolute atomic E-state index is 4.81. The van der Waals surface area contributed by atoms with Gasteiger partial charge in [0, 0.05) is 32.7 Å². The number of hydrogen-bond acceptors (Lipinski definition) is 1. The Labute approximate surface area is 186 Å². The van der Waals surface area contributed by atoms with Crippen molar-refractivity contribution in [2.24, 2.45) is 0 Å². The van der Waals surface area contributed by atoms with Crippen LogP contribution in [-0.4, -0.2) is 17.6 Å². The lowest BCUT2D eigenvalue weighted by Gasteiger charge is -2.16. The molecule has 5 aromatic rings. The van der Waals surface area contributed by atoms with E-state index in [-0.39, 0.29) is 0 Å². The van der Waals surface area contributed by atoms with Crippen LogP contribution in [-0.2, 0) is 0 Å². The van der Waals surface area contributed by atoms with Gasteiger partial charge in [-0.3, -0.25) is 4.98 Å². The van der Waals surface area contributed by atoms with Gasteiger partial charge in [0.2, 0.25) is 0 Å². The normalized spacial score (nSPS) is 12.0. The first-order valence-electron chi connectivity index (χ1n) is 10.2. The molecule has 0 N–H and O–H groups in total. The Morgan fingerprint density at radius 2 is 1.40 bits per heavy atom. The third kappa shape index (κ3) is 3.30. The zero-order chi connectivity index (χ0) is 20.9. The van der Waals surface area contributed by atoms with Crippen LogP contribution < -0.4 is 5.19 Å². The Hall–Kier alpha value is -2.69. The van der Waals surface area contributed by atoms with Gasteiger partial charge in [-0.05, 0) is 41.6 Å². The van der Waals surface area contributed by atoms with Crippen molar-refractivity contribution in [1.29, 1.82) is 0 Å². The second-order valence-electron chi connectivity index (χ2n) is 8.75. The van der Waals surface area contributed by atoms with Crippen LogP contribution in [0.3, 0.4) is 0 Å². The third-order valence-electron chi connectivity index (χ3n) is 5.65. The molecule has 30 heavy (non-hydrogen) atoms. The molecule has 2 nitrogen and oxygen atoms in total. The van der Waals surface area contributed by atoms with Crippen molar-refractivity contribution in [2.75, 3.05) is 0 Å². The average molecular weight is 471 g/mol. The van der Waals surface area contributed by atoms with E-state index in [9.17, 15) is 0 Å². The van der Waals surface area contributed by atoms with Gasteiger partial charge < -0.3 is 4.57 Å². The van der Waals surface area contributed by atoms with Crippen LogP contribution in [0.5, 0.6) is 0 Å². The first-order valence-corrected chi connectivity index (χ1v) is 14.5.